The summed E-state index contributed by atoms with van der Waals surface area (Å²) >= 11 is 6.81. The van der Waals surface area contributed by atoms with E-state index in [-0.39, 0.29) is 5.02 Å². The highest BCUT2D eigenvalue weighted by atomic mass is 35.5. The normalized spacial score (nSPS) is 11.1. The fraction of sp³-hybridized carbons (Fsp3) is 0. The summed E-state index contributed by atoms with van der Waals surface area (Å²) in [6.45, 7) is 0. The van der Waals surface area contributed by atoms with Gasteiger partial charge in [-0.05, 0) is 36.0 Å². The quantitative estimate of drug-likeness (QED) is 0.714. The minimum absolute atomic E-state index is 0.000541. The van der Waals surface area contributed by atoms with Crippen molar-refractivity contribution in [2.24, 2.45) is 0 Å². The second kappa shape index (κ2) is 4.75. The van der Waals surface area contributed by atoms with E-state index in [0.717, 1.165) is 17.3 Å². The highest BCUT2D eigenvalue weighted by molar-refractivity contribution is 7.99. The van der Waals surface area contributed by atoms with Crippen LogP contribution in [0.4, 0.5) is 10.1 Å². The van der Waals surface area contributed by atoms with E-state index in [1.807, 2.05) is 24.3 Å². The van der Waals surface area contributed by atoms with Crippen molar-refractivity contribution in [2.75, 3.05) is 5.73 Å². The summed E-state index contributed by atoms with van der Waals surface area (Å²) < 4.78 is 19.0. The number of benzene rings is 2. The van der Waals surface area contributed by atoms with Crippen LogP contribution in [-0.2, 0) is 0 Å². The van der Waals surface area contributed by atoms with Crippen molar-refractivity contribution in [1.29, 1.82) is 0 Å². The van der Waals surface area contributed by atoms with Crippen LogP contribution in [0.5, 0.6) is 0 Å². The molecule has 2 aromatic carbocycles. The summed E-state index contributed by atoms with van der Waals surface area (Å²) in [5.74, 6) is -0.519. The van der Waals surface area contributed by atoms with E-state index in [1.165, 1.54) is 12.1 Å². The van der Waals surface area contributed by atoms with Crippen LogP contribution >= 0.6 is 23.4 Å². The third kappa shape index (κ3) is 2.39. The molecule has 2 N–H and O–H groups in total. The van der Waals surface area contributed by atoms with Gasteiger partial charge in [-0.1, -0.05) is 23.7 Å². The zero-order valence-electron chi connectivity index (χ0n) is 9.56. The number of fused-ring (bicyclic) bond motifs is 1. The molecule has 3 rings (SSSR count). The summed E-state index contributed by atoms with van der Waals surface area (Å²) in [5.41, 5.74) is 7.61. The second-order valence-corrected chi connectivity index (χ2v) is 5.25. The van der Waals surface area contributed by atoms with Crippen LogP contribution in [-0.4, -0.2) is 4.98 Å². The van der Waals surface area contributed by atoms with E-state index < -0.39 is 5.82 Å². The summed E-state index contributed by atoms with van der Waals surface area (Å²) in [6, 6.07) is 10.0. The Morgan fingerprint density at radius 2 is 2.05 bits per heavy atom. The van der Waals surface area contributed by atoms with Gasteiger partial charge in [0.1, 0.15) is 11.3 Å². The topological polar surface area (TPSA) is 52.0 Å². The molecule has 96 valence electrons. The second-order valence-electron chi connectivity index (χ2n) is 3.85. The number of nitrogens with two attached hydrogens (primary N) is 1. The maximum atomic E-state index is 13.4. The number of oxazole rings is 1. The van der Waals surface area contributed by atoms with Crippen LogP contribution in [0.1, 0.15) is 0 Å². The Labute approximate surface area is 117 Å². The third-order valence-electron chi connectivity index (χ3n) is 2.52. The van der Waals surface area contributed by atoms with Gasteiger partial charge in [-0.3, -0.25) is 0 Å². The lowest BCUT2D eigenvalue weighted by atomic mass is 10.3. The van der Waals surface area contributed by atoms with Crippen LogP contribution in [0, 0.1) is 5.82 Å². The molecule has 0 atom stereocenters. The predicted molar refractivity (Wildman–Crippen MR) is 74.0 cm³/mol. The Hall–Kier alpha value is -1.72. The predicted octanol–water partition coefficient (Wildman–Crippen LogP) is 4.35. The average molecular weight is 295 g/mol. The minimum atomic E-state index is -0.519. The highest BCUT2D eigenvalue weighted by Crippen LogP contribution is 2.35. The molecule has 0 aliphatic rings. The van der Waals surface area contributed by atoms with E-state index in [4.69, 9.17) is 21.8 Å². The van der Waals surface area contributed by atoms with Crippen molar-refractivity contribution in [2.45, 2.75) is 10.1 Å². The number of aromatic nitrogens is 1. The van der Waals surface area contributed by atoms with Gasteiger partial charge in [-0.25, -0.2) is 9.37 Å². The molecule has 0 spiro atoms. The fourth-order valence-electron chi connectivity index (χ4n) is 1.62. The molecular weight excluding hydrogens is 287 g/mol. The zero-order valence-corrected chi connectivity index (χ0v) is 11.1. The molecule has 0 aliphatic heterocycles. The molecular formula is C13H8ClFN2OS. The lowest BCUT2D eigenvalue weighted by Crippen LogP contribution is -1.90. The number of nitrogens with zero attached hydrogens (tertiary/aromatic N) is 1. The van der Waals surface area contributed by atoms with Crippen molar-refractivity contribution in [3.05, 3.63) is 47.2 Å². The maximum Gasteiger partial charge on any atom is 0.261 e. The van der Waals surface area contributed by atoms with Gasteiger partial charge in [0.15, 0.2) is 5.58 Å². The van der Waals surface area contributed by atoms with Crippen molar-refractivity contribution < 1.29 is 8.81 Å². The first-order chi connectivity index (χ1) is 9.13. The minimum Gasteiger partial charge on any atom is -0.431 e. The van der Waals surface area contributed by atoms with Crippen LogP contribution in [0.25, 0.3) is 11.1 Å². The Morgan fingerprint density at radius 1 is 1.26 bits per heavy atom. The number of rotatable bonds is 2. The van der Waals surface area contributed by atoms with Gasteiger partial charge in [-0.15, -0.1) is 0 Å². The molecule has 0 unspecified atom stereocenters. The van der Waals surface area contributed by atoms with Gasteiger partial charge < -0.3 is 10.2 Å². The summed E-state index contributed by atoms with van der Waals surface area (Å²) in [5, 5.41) is 0.411. The molecule has 3 aromatic rings. The molecule has 6 heteroatoms. The lowest BCUT2D eigenvalue weighted by molar-refractivity contribution is 0.489. The van der Waals surface area contributed by atoms with E-state index in [1.54, 1.807) is 0 Å². The molecule has 0 fully saturated rings. The Balaban J connectivity index is 1.98. The summed E-state index contributed by atoms with van der Waals surface area (Å²) in [4.78, 5) is 4.81. The number of hydrogen-bond donors (Lipinski definition) is 1. The van der Waals surface area contributed by atoms with Crippen LogP contribution in [0.3, 0.4) is 0 Å². The number of halogens is 2. The van der Waals surface area contributed by atoms with E-state index in [0.29, 0.717) is 21.4 Å². The standard InChI is InChI=1S/C13H8ClFN2OS/c14-7-5-9(16)12(6-8(7)15)19-13-17-10-3-1-2-4-11(10)18-13/h1-6H,16H2. The van der Waals surface area contributed by atoms with Gasteiger partial charge in [0.05, 0.1) is 5.02 Å². The zero-order chi connectivity index (χ0) is 13.4. The SMILES string of the molecule is Nc1cc(Cl)c(F)cc1Sc1nc2ccccc2o1. The summed E-state index contributed by atoms with van der Waals surface area (Å²) in [7, 11) is 0. The monoisotopic (exact) mass is 294 g/mol. The Bertz CT molecular complexity index is 726. The third-order valence-corrected chi connectivity index (χ3v) is 3.74. The first kappa shape index (κ1) is 12.3. The molecule has 0 amide bonds. The van der Waals surface area contributed by atoms with Gasteiger partial charge in [0.2, 0.25) is 0 Å². The maximum absolute atomic E-state index is 13.4. The molecule has 0 saturated carbocycles. The largest absolute Gasteiger partial charge is 0.431 e. The first-order valence-electron chi connectivity index (χ1n) is 5.41. The van der Waals surface area contributed by atoms with Crippen LogP contribution < -0.4 is 5.73 Å². The smallest absolute Gasteiger partial charge is 0.261 e. The molecule has 0 saturated heterocycles. The van der Waals surface area contributed by atoms with Gasteiger partial charge in [0, 0.05) is 10.6 Å². The molecule has 19 heavy (non-hydrogen) atoms. The molecule has 3 nitrogen and oxygen atoms in total. The van der Waals surface area contributed by atoms with Crippen molar-refractivity contribution in [1.82, 2.24) is 4.98 Å². The number of para-hydroxylation sites is 2. The Morgan fingerprint density at radius 3 is 2.84 bits per heavy atom. The van der Waals surface area contributed by atoms with Crippen LogP contribution in [0.2, 0.25) is 5.02 Å². The molecule has 0 bridgehead atoms. The van der Waals surface area contributed by atoms with Crippen molar-refractivity contribution in [3.63, 3.8) is 0 Å². The van der Waals surface area contributed by atoms with Crippen molar-refractivity contribution in [3.8, 4) is 0 Å². The first-order valence-corrected chi connectivity index (χ1v) is 6.61. The number of hydrogen-bond acceptors (Lipinski definition) is 4. The van der Waals surface area contributed by atoms with Crippen LogP contribution in [0.15, 0.2) is 50.9 Å². The molecule has 1 heterocycles. The van der Waals surface area contributed by atoms with E-state index in [9.17, 15) is 4.39 Å². The molecule has 0 aliphatic carbocycles. The summed E-state index contributed by atoms with van der Waals surface area (Å²) in [6.07, 6.45) is 0. The van der Waals surface area contributed by atoms with Crippen molar-refractivity contribution >= 4 is 40.1 Å². The highest BCUT2D eigenvalue weighted by Gasteiger charge is 2.12. The molecule has 1 aromatic heterocycles. The van der Waals surface area contributed by atoms with Gasteiger partial charge >= 0.3 is 0 Å². The fourth-order valence-corrected chi connectivity index (χ4v) is 2.60. The van der Waals surface area contributed by atoms with Gasteiger partial charge in [0.25, 0.3) is 5.22 Å². The molecule has 0 radical (unpaired) electrons. The van der Waals surface area contributed by atoms with E-state index >= 15 is 0 Å². The van der Waals surface area contributed by atoms with E-state index in [2.05, 4.69) is 4.98 Å². The lowest BCUT2D eigenvalue weighted by Gasteiger charge is -2.03. The van der Waals surface area contributed by atoms with Gasteiger partial charge in [-0.2, -0.15) is 0 Å². The number of nitrogen functional groups attached to an aromatic ring is 1. The average Bonchev–Trinajstić information content (AvgIpc) is 2.78. The Kier molecular flexibility index (Phi) is 3.08. The number of anilines is 1.